The van der Waals surface area contributed by atoms with Crippen molar-refractivity contribution in [1.29, 1.82) is 0 Å². The first-order valence-electron chi connectivity index (χ1n) is 4.67. The Labute approximate surface area is 72.2 Å². The van der Waals surface area contributed by atoms with E-state index in [9.17, 15) is 4.79 Å². The summed E-state index contributed by atoms with van der Waals surface area (Å²) < 4.78 is 0. The molecule has 68 valence electrons. The molecule has 1 amide bonds. The minimum Gasteiger partial charge on any atom is -0.384 e. The van der Waals surface area contributed by atoms with Gasteiger partial charge in [-0.15, -0.1) is 0 Å². The van der Waals surface area contributed by atoms with Crippen LogP contribution in [0.25, 0.3) is 0 Å². The Morgan fingerprint density at radius 1 is 1.58 bits per heavy atom. The molecule has 0 radical (unpaired) electrons. The van der Waals surface area contributed by atoms with Gasteiger partial charge in [0.25, 0.3) is 0 Å². The third-order valence-corrected chi connectivity index (χ3v) is 2.77. The molecule has 0 unspecified atom stereocenters. The van der Waals surface area contributed by atoms with Crippen LogP contribution in [0.1, 0.15) is 26.2 Å². The van der Waals surface area contributed by atoms with Crippen LogP contribution in [0.4, 0.5) is 0 Å². The molecule has 0 saturated heterocycles. The lowest BCUT2D eigenvalue weighted by molar-refractivity contribution is -0.128. The van der Waals surface area contributed by atoms with Gasteiger partial charge in [-0.3, -0.25) is 4.79 Å². The van der Waals surface area contributed by atoms with Gasteiger partial charge in [0.2, 0.25) is 5.91 Å². The third kappa shape index (κ3) is 1.61. The van der Waals surface area contributed by atoms with E-state index >= 15 is 0 Å². The molecule has 0 aromatic carbocycles. The van der Waals surface area contributed by atoms with Crippen LogP contribution in [0.5, 0.6) is 0 Å². The highest BCUT2D eigenvalue weighted by molar-refractivity contribution is 5.80. The van der Waals surface area contributed by atoms with Crippen molar-refractivity contribution in [1.82, 2.24) is 5.32 Å². The molecule has 2 saturated carbocycles. The molecule has 2 aliphatic rings. The van der Waals surface area contributed by atoms with Gasteiger partial charge in [0.15, 0.2) is 0 Å². The maximum atomic E-state index is 11.0. The number of rotatable bonds is 3. The molecule has 12 heavy (non-hydrogen) atoms. The summed E-state index contributed by atoms with van der Waals surface area (Å²) in [5.41, 5.74) is 0. The van der Waals surface area contributed by atoms with E-state index in [0.717, 1.165) is 18.3 Å². The lowest BCUT2D eigenvalue weighted by atomic mass is 10.2. The molecule has 2 aliphatic carbocycles. The van der Waals surface area contributed by atoms with Crippen LogP contribution >= 0.6 is 0 Å². The summed E-state index contributed by atoms with van der Waals surface area (Å²) in [6.07, 6.45) is 2.95. The summed E-state index contributed by atoms with van der Waals surface area (Å²) in [6, 6.07) is 0.375. The average molecular weight is 169 g/mol. The van der Waals surface area contributed by atoms with Gasteiger partial charge in [-0.1, -0.05) is 0 Å². The van der Waals surface area contributed by atoms with Gasteiger partial charge in [0.05, 0.1) is 0 Å². The highest BCUT2D eigenvalue weighted by Gasteiger charge is 2.48. The molecule has 2 rings (SSSR count). The van der Waals surface area contributed by atoms with Crippen molar-refractivity contribution in [2.45, 2.75) is 38.3 Å². The van der Waals surface area contributed by atoms with Crippen LogP contribution in [0, 0.1) is 11.8 Å². The monoisotopic (exact) mass is 169 g/mol. The van der Waals surface area contributed by atoms with Gasteiger partial charge >= 0.3 is 0 Å². The van der Waals surface area contributed by atoms with Crippen LogP contribution in [0.15, 0.2) is 0 Å². The topological polar surface area (TPSA) is 49.3 Å². The van der Waals surface area contributed by atoms with Crippen molar-refractivity contribution in [3.63, 3.8) is 0 Å². The largest absolute Gasteiger partial charge is 0.384 e. The summed E-state index contributed by atoms with van der Waals surface area (Å²) in [5, 5.41) is 11.8. The molecule has 2 N–H and O–H groups in total. The Bertz CT molecular complexity index is 199. The fourth-order valence-electron chi connectivity index (χ4n) is 1.73. The first kappa shape index (κ1) is 8.05. The van der Waals surface area contributed by atoms with E-state index in [4.69, 9.17) is 5.11 Å². The first-order valence-corrected chi connectivity index (χ1v) is 4.67. The van der Waals surface area contributed by atoms with Crippen molar-refractivity contribution < 1.29 is 9.90 Å². The Kier molecular flexibility index (Phi) is 1.83. The van der Waals surface area contributed by atoms with E-state index in [1.165, 1.54) is 19.8 Å². The van der Waals surface area contributed by atoms with E-state index in [2.05, 4.69) is 5.32 Å². The number of amides is 1. The van der Waals surface area contributed by atoms with Crippen LogP contribution in [-0.4, -0.2) is 23.2 Å². The van der Waals surface area contributed by atoms with Crippen molar-refractivity contribution in [2.24, 2.45) is 11.8 Å². The molecule has 0 aromatic rings. The SMILES string of the molecule is C[C@H](O)C(=O)N[C@@H]1C[C@H]1C1CC1. The second-order valence-corrected chi connectivity index (χ2v) is 4.03. The van der Waals surface area contributed by atoms with Gasteiger partial charge < -0.3 is 10.4 Å². The number of hydrogen-bond donors (Lipinski definition) is 2. The fraction of sp³-hybridized carbons (Fsp3) is 0.889. The zero-order valence-electron chi connectivity index (χ0n) is 7.29. The Morgan fingerprint density at radius 3 is 2.75 bits per heavy atom. The molecule has 0 bridgehead atoms. The predicted molar refractivity (Wildman–Crippen MR) is 44.4 cm³/mol. The number of aliphatic hydroxyl groups excluding tert-OH is 1. The minimum atomic E-state index is -0.856. The van der Waals surface area contributed by atoms with Crippen LogP contribution in [-0.2, 0) is 4.79 Å². The van der Waals surface area contributed by atoms with Gasteiger partial charge in [-0.05, 0) is 38.0 Å². The zero-order chi connectivity index (χ0) is 8.72. The van der Waals surface area contributed by atoms with Gasteiger partial charge in [0.1, 0.15) is 6.10 Å². The highest BCUT2D eigenvalue weighted by atomic mass is 16.3. The van der Waals surface area contributed by atoms with E-state index in [1.54, 1.807) is 0 Å². The van der Waals surface area contributed by atoms with Gasteiger partial charge in [-0.2, -0.15) is 0 Å². The smallest absolute Gasteiger partial charge is 0.248 e. The van der Waals surface area contributed by atoms with Gasteiger partial charge in [-0.25, -0.2) is 0 Å². The number of carbonyl (C=O) groups excluding carboxylic acids is 1. The molecule has 3 heteroatoms. The minimum absolute atomic E-state index is 0.219. The number of hydrogen-bond acceptors (Lipinski definition) is 2. The maximum Gasteiger partial charge on any atom is 0.248 e. The quantitative estimate of drug-likeness (QED) is 0.637. The average Bonchev–Trinajstić information content (AvgIpc) is 2.79. The molecule has 3 nitrogen and oxygen atoms in total. The number of carbonyl (C=O) groups is 1. The van der Waals surface area contributed by atoms with Crippen molar-refractivity contribution in [3.05, 3.63) is 0 Å². The Morgan fingerprint density at radius 2 is 2.25 bits per heavy atom. The van der Waals surface area contributed by atoms with E-state index in [1.807, 2.05) is 0 Å². The molecule has 0 heterocycles. The summed E-state index contributed by atoms with van der Waals surface area (Å²) in [6.45, 7) is 1.50. The van der Waals surface area contributed by atoms with E-state index < -0.39 is 6.10 Å². The number of nitrogens with one attached hydrogen (secondary N) is 1. The standard InChI is InChI=1S/C9H15NO2/c1-5(11)9(12)10-8-4-7(8)6-2-3-6/h5-8,11H,2-4H2,1H3,(H,10,12)/t5-,7-,8+/m0/s1. The highest BCUT2D eigenvalue weighted by Crippen LogP contribution is 2.49. The van der Waals surface area contributed by atoms with Crippen LogP contribution < -0.4 is 5.32 Å². The summed E-state index contributed by atoms with van der Waals surface area (Å²) in [5.74, 6) is 1.39. The maximum absolute atomic E-state index is 11.0. The molecule has 3 atom stereocenters. The van der Waals surface area contributed by atoms with Crippen molar-refractivity contribution in [3.8, 4) is 0 Å². The molecule has 2 fully saturated rings. The summed E-state index contributed by atoms with van der Waals surface area (Å²) in [7, 11) is 0. The van der Waals surface area contributed by atoms with Crippen molar-refractivity contribution in [2.75, 3.05) is 0 Å². The second-order valence-electron chi connectivity index (χ2n) is 4.03. The van der Waals surface area contributed by atoms with Crippen LogP contribution in [0.2, 0.25) is 0 Å². The Balaban J connectivity index is 1.71. The molecule has 0 aromatic heterocycles. The molecule has 0 spiro atoms. The van der Waals surface area contributed by atoms with Crippen LogP contribution in [0.3, 0.4) is 0 Å². The molecule has 0 aliphatic heterocycles. The zero-order valence-corrected chi connectivity index (χ0v) is 7.29. The molecular formula is C9H15NO2. The lowest BCUT2D eigenvalue weighted by Gasteiger charge is -2.05. The van der Waals surface area contributed by atoms with Gasteiger partial charge in [0, 0.05) is 6.04 Å². The lowest BCUT2D eigenvalue weighted by Crippen LogP contribution is -2.34. The number of aliphatic hydroxyl groups is 1. The normalized spacial score (nSPS) is 35.8. The first-order chi connectivity index (χ1) is 5.68. The predicted octanol–water partition coefficient (Wildman–Crippen LogP) is 0.282. The van der Waals surface area contributed by atoms with Crippen molar-refractivity contribution >= 4 is 5.91 Å². The third-order valence-electron chi connectivity index (χ3n) is 2.77. The summed E-state index contributed by atoms with van der Waals surface area (Å²) >= 11 is 0. The van der Waals surface area contributed by atoms with E-state index in [0.29, 0.717) is 6.04 Å². The summed E-state index contributed by atoms with van der Waals surface area (Å²) in [4.78, 5) is 11.0. The Hall–Kier alpha value is -0.570. The fourth-order valence-corrected chi connectivity index (χ4v) is 1.73. The van der Waals surface area contributed by atoms with E-state index in [-0.39, 0.29) is 5.91 Å². The molecular weight excluding hydrogens is 154 g/mol. The second kappa shape index (κ2) is 2.73.